The molecule has 0 radical (unpaired) electrons. The van der Waals surface area contributed by atoms with Crippen LogP contribution in [0, 0.1) is 0 Å². The van der Waals surface area contributed by atoms with Crippen molar-refractivity contribution in [3.05, 3.63) is 23.7 Å². The highest BCUT2D eigenvalue weighted by atomic mass is 16.6. The van der Waals surface area contributed by atoms with E-state index in [2.05, 4.69) is 20.9 Å². The zero-order chi connectivity index (χ0) is 20.7. The van der Waals surface area contributed by atoms with Crippen molar-refractivity contribution in [1.82, 2.24) is 16.0 Å². The van der Waals surface area contributed by atoms with Gasteiger partial charge >= 0.3 is 6.09 Å². The summed E-state index contributed by atoms with van der Waals surface area (Å²) in [7, 11) is 0. The van der Waals surface area contributed by atoms with Gasteiger partial charge in [0.1, 0.15) is 17.9 Å². The third-order valence-corrected chi connectivity index (χ3v) is 3.18. The van der Waals surface area contributed by atoms with Crippen molar-refractivity contribution in [2.24, 2.45) is 10.7 Å². The molecular weight excluding hydrogens is 350 g/mol. The number of nitrogens with zero attached hydrogens (tertiary/aromatic N) is 1. The van der Waals surface area contributed by atoms with E-state index in [1.807, 2.05) is 41.5 Å². The maximum atomic E-state index is 12.0. The maximum Gasteiger partial charge on any atom is 0.408 e. The number of amides is 2. The Bertz CT molecular complexity index is 674. The predicted molar refractivity (Wildman–Crippen MR) is 103 cm³/mol. The van der Waals surface area contributed by atoms with Crippen LogP contribution in [0.1, 0.15) is 57.9 Å². The van der Waals surface area contributed by atoms with Crippen LogP contribution in [-0.4, -0.2) is 42.2 Å². The summed E-state index contributed by atoms with van der Waals surface area (Å²) in [5.74, 6) is 0.548. The van der Waals surface area contributed by atoms with E-state index in [4.69, 9.17) is 14.9 Å². The number of alkyl carbamates (subject to hydrolysis) is 1. The molecule has 152 valence electrons. The third kappa shape index (κ3) is 8.98. The fourth-order valence-corrected chi connectivity index (χ4v) is 2.02. The first kappa shape index (κ1) is 22.3. The maximum absolute atomic E-state index is 12.0. The summed E-state index contributed by atoms with van der Waals surface area (Å²) in [5, 5.41) is 9.10. The number of nitrogens with two attached hydrogens (primary N) is 1. The second-order valence-electron chi connectivity index (χ2n) is 7.69. The molecule has 1 aromatic heterocycles. The van der Waals surface area contributed by atoms with Gasteiger partial charge in [-0.15, -0.1) is 0 Å². The normalized spacial score (nSPS) is 12.4. The van der Waals surface area contributed by atoms with Gasteiger partial charge in [0.05, 0.1) is 5.54 Å². The van der Waals surface area contributed by atoms with Crippen molar-refractivity contribution in [2.75, 3.05) is 13.1 Å². The molecular formula is C18H31N5O4. The minimum absolute atomic E-state index is 0.0980. The van der Waals surface area contributed by atoms with Gasteiger partial charge in [0.2, 0.25) is 0 Å². The molecule has 2 amide bonds. The van der Waals surface area contributed by atoms with Crippen molar-refractivity contribution in [2.45, 2.75) is 59.2 Å². The standard InChI is InChI=1S/C18H31N5O4/c1-7-20-15(21-10-12-8-9-13(26-12)14(19)24)22-11-18(5,6)23-16(25)27-17(2,3)4/h8-9H,7,10-11H2,1-6H3,(H2,19,24)(H,23,25)(H2,20,21,22). The summed E-state index contributed by atoms with van der Waals surface area (Å²) in [6, 6.07) is 3.17. The number of carbonyl (C=O) groups is 2. The fourth-order valence-electron chi connectivity index (χ4n) is 2.02. The lowest BCUT2D eigenvalue weighted by Gasteiger charge is -2.29. The molecule has 0 unspecified atom stereocenters. The Kier molecular flexibility index (Phi) is 7.68. The smallest absolute Gasteiger partial charge is 0.408 e. The lowest BCUT2D eigenvalue weighted by Crippen LogP contribution is -2.54. The summed E-state index contributed by atoms with van der Waals surface area (Å²) in [6.07, 6.45) is -0.481. The van der Waals surface area contributed by atoms with Crippen molar-refractivity contribution >= 4 is 18.0 Å². The number of aliphatic imine (C=N–C) groups is 1. The van der Waals surface area contributed by atoms with Gasteiger partial charge in [-0.25, -0.2) is 9.79 Å². The van der Waals surface area contributed by atoms with E-state index in [1.54, 1.807) is 6.07 Å². The Balaban J connectivity index is 2.64. The first-order valence-electron chi connectivity index (χ1n) is 8.84. The highest BCUT2D eigenvalue weighted by Crippen LogP contribution is 2.10. The van der Waals surface area contributed by atoms with Crippen LogP contribution >= 0.6 is 0 Å². The van der Waals surface area contributed by atoms with Crippen LogP contribution in [0.5, 0.6) is 0 Å². The molecule has 0 aliphatic rings. The second kappa shape index (κ2) is 9.29. The Morgan fingerprint density at radius 1 is 1.19 bits per heavy atom. The molecule has 0 saturated heterocycles. The summed E-state index contributed by atoms with van der Waals surface area (Å²) in [4.78, 5) is 27.4. The van der Waals surface area contributed by atoms with E-state index in [-0.39, 0.29) is 12.3 Å². The van der Waals surface area contributed by atoms with E-state index in [0.29, 0.717) is 24.8 Å². The number of hydrogen-bond donors (Lipinski definition) is 4. The van der Waals surface area contributed by atoms with E-state index >= 15 is 0 Å². The van der Waals surface area contributed by atoms with E-state index < -0.39 is 23.1 Å². The SMILES string of the molecule is CCNC(=NCc1ccc(C(N)=O)o1)NCC(C)(C)NC(=O)OC(C)(C)C. The van der Waals surface area contributed by atoms with Crippen LogP contribution in [0.2, 0.25) is 0 Å². The lowest BCUT2D eigenvalue weighted by molar-refractivity contribution is 0.0473. The van der Waals surface area contributed by atoms with Crippen LogP contribution in [0.25, 0.3) is 0 Å². The van der Waals surface area contributed by atoms with Gasteiger partial charge in [0.15, 0.2) is 11.7 Å². The van der Waals surface area contributed by atoms with Crippen molar-refractivity contribution in [3.8, 4) is 0 Å². The van der Waals surface area contributed by atoms with Gasteiger partial charge in [0.25, 0.3) is 5.91 Å². The number of nitrogens with one attached hydrogen (secondary N) is 3. The van der Waals surface area contributed by atoms with Crippen molar-refractivity contribution in [1.29, 1.82) is 0 Å². The van der Waals surface area contributed by atoms with Crippen LogP contribution in [0.4, 0.5) is 4.79 Å². The minimum atomic E-state index is -0.620. The van der Waals surface area contributed by atoms with Gasteiger partial charge in [-0.2, -0.15) is 0 Å². The minimum Gasteiger partial charge on any atom is -0.454 e. The molecule has 1 heterocycles. The molecule has 27 heavy (non-hydrogen) atoms. The van der Waals surface area contributed by atoms with E-state index in [0.717, 1.165) is 0 Å². The van der Waals surface area contributed by atoms with Gasteiger partial charge in [-0.3, -0.25) is 4.79 Å². The van der Waals surface area contributed by atoms with Crippen LogP contribution < -0.4 is 21.7 Å². The third-order valence-electron chi connectivity index (χ3n) is 3.18. The molecule has 0 aliphatic carbocycles. The van der Waals surface area contributed by atoms with E-state index in [1.165, 1.54) is 6.07 Å². The highest BCUT2D eigenvalue weighted by molar-refractivity contribution is 5.89. The number of guanidine groups is 1. The van der Waals surface area contributed by atoms with Gasteiger partial charge in [-0.1, -0.05) is 0 Å². The number of rotatable bonds is 7. The molecule has 0 spiro atoms. The molecule has 0 atom stereocenters. The molecule has 0 aromatic carbocycles. The summed E-state index contributed by atoms with van der Waals surface area (Å²) in [6.45, 7) is 12.4. The average Bonchev–Trinajstić information content (AvgIpc) is 2.96. The van der Waals surface area contributed by atoms with E-state index in [9.17, 15) is 9.59 Å². The molecule has 5 N–H and O–H groups in total. The fraction of sp³-hybridized carbons (Fsp3) is 0.611. The second-order valence-corrected chi connectivity index (χ2v) is 7.69. The summed E-state index contributed by atoms with van der Waals surface area (Å²) >= 11 is 0. The largest absolute Gasteiger partial charge is 0.454 e. The van der Waals surface area contributed by atoms with Crippen molar-refractivity contribution in [3.63, 3.8) is 0 Å². The number of carbonyl (C=O) groups excluding carboxylic acids is 2. The number of ether oxygens (including phenoxy) is 1. The Morgan fingerprint density at radius 3 is 2.37 bits per heavy atom. The molecule has 9 heteroatoms. The first-order chi connectivity index (χ1) is 12.4. The van der Waals surface area contributed by atoms with Gasteiger partial charge in [0, 0.05) is 13.1 Å². The summed E-state index contributed by atoms with van der Waals surface area (Å²) < 4.78 is 10.6. The van der Waals surface area contributed by atoms with Crippen LogP contribution in [-0.2, 0) is 11.3 Å². The zero-order valence-electron chi connectivity index (χ0n) is 16.9. The number of hydrogen-bond acceptors (Lipinski definition) is 5. The lowest BCUT2D eigenvalue weighted by atomic mass is 10.1. The van der Waals surface area contributed by atoms with Crippen molar-refractivity contribution < 1.29 is 18.7 Å². The molecule has 0 saturated carbocycles. The topological polar surface area (TPSA) is 131 Å². The molecule has 0 fully saturated rings. The molecule has 1 rings (SSSR count). The Morgan fingerprint density at radius 2 is 1.85 bits per heavy atom. The Hall–Kier alpha value is -2.71. The highest BCUT2D eigenvalue weighted by Gasteiger charge is 2.24. The van der Waals surface area contributed by atoms with Crippen LogP contribution in [0.3, 0.4) is 0 Å². The molecule has 0 aliphatic heterocycles. The first-order valence-corrected chi connectivity index (χ1v) is 8.84. The van der Waals surface area contributed by atoms with Gasteiger partial charge in [-0.05, 0) is 53.7 Å². The van der Waals surface area contributed by atoms with Gasteiger partial charge < -0.3 is 30.8 Å². The monoisotopic (exact) mass is 381 g/mol. The predicted octanol–water partition coefficient (Wildman–Crippen LogP) is 1.74. The Labute approximate surface area is 160 Å². The quantitative estimate of drug-likeness (QED) is 0.420. The molecule has 1 aromatic rings. The number of furan rings is 1. The average molecular weight is 381 g/mol. The number of primary amides is 1. The van der Waals surface area contributed by atoms with Crippen LogP contribution in [0.15, 0.2) is 21.5 Å². The molecule has 0 bridgehead atoms. The summed E-state index contributed by atoms with van der Waals surface area (Å²) in [5.41, 5.74) is 4.04. The zero-order valence-corrected chi connectivity index (χ0v) is 16.9. The molecule has 9 nitrogen and oxygen atoms in total.